The Bertz CT molecular complexity index is 795. The van der Waals surface area contributed by atoms with E-state index in [1.165, 1.54) is 0 Å². The van der Waals surface area contributed by atoms with Crippen LogP contribution in [0.5, 0.6) is 0 Å². The van der Waals surface area contributed by atoms with E-state index >= 15 is 0 Å². The van der Waals surface area contributed by atoms with Crippen LogP contribution in [0.2, 0.25) is 10.0 Å². The summed E-state index contributed by atoms with van der Waals surface area (Å²) in [6.45, 7) is 3.71. The van der Waals surface area contributed by atoms with Gasteiger partial charge in [0.1, 0.15) is 0 Å². The minimum atomic E-state index is -0.701. The fraction of sp³-hybridized carbons (Fsp3) is 0.458. The smallest absolute Gasteiger partial charge is 0.306 e. The normalized spacial score (nSPS) is 13.0. The number of carbonyl (C=O) groups excluding carboxylic acids is 1. The van der Waals surface area contributed by atoms with Crippen molar-refractivity contribution < 1.29 is 14.6 Å². The molecule has 0 radical (unpaired) electrons. The van der Waals surface area contributed by atoms with Crippen molar-refractivity contribution in [3.05, 3.63) is 63.6 Å². The van der Waals surface area contributed by atoms with Crippen molar-refractivity contribution in [2.75, 3.05) is 25.4 Å². The minimum Gasteiger partial charge on any atom is -0.466 e. The molecule has 170 valence electrons. The molecule has 0 aliphatic heterocycles. The predicted octanol–water partition coefficient (Wildman–Crippen LogP) is 5.50. The highest BCUT2D eigenvalue weighted by atomic mass is 35.5. The van der Waals surface area contributed by atoms with Gasteiger partial charge in [-0.15, -0.1) is 0 Å². The van der Waals surface area contributed by atoms with Gasteiger partial charge in [-0.25, -0.2) is 0 Å². The van der Waals surface area contributed by atoms with Crippen LogP contribution in [0.25, 0.3) is 0 Å². The maximum atomic E-state index is 12.0. The summed E-state index contributed by atoms with van der Waals surface area (Å²) in [4.78, 5) is 12.0. The van der Waals surface area contributed by atoms with Gasteiger partial charge < -0.3 is 20.9 Å². The average molecular weight is 467 g/mol. The number of nitrogen functional groups attached to an aromatic ring is 1. The Hall–Kier alpha value is -1.79. The summed E-state index contributed by atoms with van der Waals surface area (Å²) in [7, 11) is 0. The molecule has 0 fully saturated rings. The second kappa shape index (κ2) is 13.6. The first-order valence-corrected chi connectivity index (χ1v) is 11.5. The molecule has 5 nitrogen and oxygen atoms in total. The lowest BCUT2D eigenvalue weighted by molar-refractivity contribution is -0.144. The number of aliphatic hydroxyl groups excluding tert-OH is 1. The van der Waals surface area contributed by atoms with Crippen molar-refractivity contribution in [2.45, 2.75) is 51.0 Å². The Balaban J connectivity index is 1.50. The summed E-state index contributed by atoms with van der Waals surface area (Å²) in [6, 6.07) is 13.3. The highest BCUT2D eigenvalue weighted by molar-refractivity contribution is 6.38. The number of esters is 1. The molecule has 7 heteroatoms. The van der Waals surface area contributed by atoms with Crippen LogP contribution in [0.15, 0.2) is 42.5 Å². The van der Waals surface area contributed by atoms with Crippen molar-refractivity contribution in [3.8, 4) is 0 Å². The summed E-state index contributed by atoms with van der Waals surface area (Å²) in [5.74, 6) is 0.0188. The van der Waals surface area contributed by atoms with Gasteiger partial charge in [0.2, 0.25) is 0 Å². The first-order chi connectivity index (χ1) is 14.9. The molecule has 0 saturated carbocycles. The first-order valence-electron chi connectivity index (χ1n) is 10.7. The van der Waals surface area contributed by atoms with Gasteiger partial charge in [0.05, 0.1) is 34.9 Å². The second-order valence-corrected chi connectivity index (χ2v) is 8.58. The van der Waals surface area contributed by atoms with Crippen molar-refractivity contribution in [2.24, 2.45) is 0 Å². The molecule has 0 aliphatic rings. The number of hydrogen-bond acceptors (Lipinski definition) is 5. The van der Waals surface area contributed by atoms with Gasteiger partial charge in [-0.2, -0.15) is 0 Å². The number of anilines is 1. The van der Waals surface area contributed by atoms with Crippen molar-refractivity contribution in [1.82, 2.24) is 5.32 Å². The zero-order valence-corrected chi connectivity index (χ0v) is 19.5. The summed E-state index contributed by atoms with van der Waals surface area (Å²) in [6.07, 6.45) is 3.56. The topological polar surface area (TPSA) is 84.6 Å². The third kappa shape index (κ3) is 9.08. The summed E-state index contributed by atoms with van der Waals surface area (Å²) < 4.78 is 5.35. The number of benzene rings is 2. The monoisotopic (exact) mass is 466 g/mol. The predicted molar refractivity (Wildman–Crippen MR) is 128 cm³/mol. The Morgan fingerprint density at radius 3 is 2.39 bits per heavy atom. The van der Waals surface area contributed by atoms with E-state index in [-0.39, 0.29) is 11.9 Å². The van der Waals surface area contributed by atoms with E-state index in [4.69, 9.17) is 33.7 Å². The lowest BCUT2D eigenvalue weighted by atomic mass is 9.98. The number of nitrogens with one attached hydrogen (secondary N) is 1. The fourth-order valence-electron chi connectivity index (χ4n) is 3.25. The van der Waals surface area contributed by atoms with Gasteiger partial charge in [-0.3, -0.25) is 4.79 Å². The lowest BCUT2D eigenvalue weighted by Gasteiger charge is -2.14. The molecule has 0 spiro atoms. The van der Waals surface area contributed by atoms with Crippen LogP contribution in [-0.2, 0) is 9.53 Å². The SMILES string of the molecule is CC(CC(=O)OCCCCCCNCC(O)c1cc(Cl)c(N)c(Cl)c1)c1ccccc1. The number of hydrogen-bond donors (Lipinski definition) is 3. The molecule has 0 saturated heterocycles. The number of carbonyl (C=O) groups is 1. The molecule has 0 amide bonds. The molecule has 4 N–H and O–H groups in total. The Morgan fingerprint density at radius 2 is 1.71 bits per heavy atom. The number of nitrogens with two attached hydrogens (primary N) is 1. The highest BCUT2D eigenvalue weighted by Crippen LogP contribution is 2.31. The van der Waals surface area contributed by atoms with Gasteiger partial charge in [-0.1, -0.05) is 73.3 Å². The lowest BCUT2D eigenvalue weighted by Crippen LogP contribution is -2.22. The third-order valence-corrected chi connectivity index (χ3v) is 5.80. The molecule has 2 aromatic rings. The molecule has 31 heavy (non-hydrogen) atoms. The van der Waals surface area contributed by atoms with E-state index in [1.807, 2.05) is 37.3 Å². The van der Waals surface area contributed by atoms with Crippen molar-refractivity contribution in [3.63, 3.8) is 0 Å². The van der Waals surface area contributed by atoms with Crippen LogP contribution in [0.3, 0.4) is 0 Å². The van der Waals surface area contributed by atoms with Gasteiger partial charge in [0.25, 0.3) is 0 Å². The molecule has 2 unspecified atom stereocenters. The third-order valence-electron chi connectivity index (χ3n) is 5.18. The molecule has 2 aromatic carbocycles. The van der Waals surface area contributed by atoms with E-state index < -0.39 is 6.10 Å². The molecule has 2 atom stereocenters. The Labute approximate surface area is 194 Å². The number of unbranched alkanes of at least 4 members (excludes halogenated alkanes) is 3. The molecular formula is C24H32Cl2N2O3. The van der Waals surface area contributed by atoms with Crippen LogP contribution in [0.4, 0.5) is 5.69 Å². The maximum Gasteiger partial charge on any atom is 0.306 e. The molecule has 0 aliphatic carbocycles. The van der Waals surface area contributed by atoms with Gasteiger partial charge in [0, 0.05) is 6.54 Å². The van der Waals surface area contributed by atoms with Gasteiger partial charge in [-0.05, 0) is 48.6 Å². The number of aliphatic hydroxyl groups is 1. The van der Waals surface area contributed by atoms with Crippen molar-refractivity contribution >= 4 is 34.9 Å². The summed E-state index contributed by atoms with van der Waals surface area (Å²) >= 11 is 12.0. The summed E-state index contributed by atoms with van der Waals surface area (Å²) in [5.41, 5.74) is 7.83. The Kier molecular flexibility index (Phi) is 11.2. The molecular weight excluding hydrogens is 435 g/mol. The zero-order valence-electron chi connectivity index (χ0n) is 17.9. The Morgan fingerprint density at radius 1 is 1.06 bits per heavy atom. The van der Waals surface area contributed by atoms with Gasteiger partial charge in [0.15, 0.2) is 0 Å². The molecule has 0 heterocycles. The number of ether oxygens (including phenoxy) is 1. The number of halogens is 2. The fourth-order valence-corrected chi connectivity index (χ4v) is 3.76. The van der Waals surface area contributed by atoms with Crippen LogP contribution in [0.1, 0.15) is 62.2 Å². The molecule has 2 rings (SSSR count). The first kappa shape index (κ1) is 25.5. The van der Waals surface area contributed by atoms with E-state index in [1.54, 1.807) is 12.1 Å². The molecule has 0 aromatic heterocycles. The number of rotatable bonds is 13. The standard InChI is InChI=1S/C24H32Cl2N2O3/c1-17(18-9-5-4-6-10-18)13-23(30)31-12-8-3-2-7-11-28-16-22(29)19-14-20(25)24(27)21(26)15-19/h4-6,9-10,14-15,17,22,28-29H,2-3,7-8,11-13,16,27H2,1H3. The minimum absolute atomic E-state index is 0.144. The average Bonchev–Trinajstić information content (AvgIpc) is 2.76. The van der Waals surface area contributed by atoms with Crippen LogP contribution in [-0.4, -0.2) is 30.8 Å². The van der Waals surface area contributed by atoms with Crippen molar-refractivity contribution in [1.29, 1.82) is 0 Å². The van der Waals surface area contributed by atoms with E-state index in [0.29, 0.717) is 40.9 Å². The highest BCUT2D eigenvalue weighted by Gasteiger charge is 2.13. The van der Waals surface area contributed by atoms with Crippen LogP contribution < -0.4 is 11.1 Å². The zero-order chi connectivity index (χ0) is 22.6. The van der Waals surface area contributed by atoms with E-state index in [9.17, 15) is 9.90 Å². The van der Waals surface area contributed by atoms with Gasteiger partial charge >= 0.3 is 5.97 Å². The van der Waals surface area contributed by atoms with E-state index in [2.05, 4.69) is 5.32 Å². The largest absolute Gasteiger partial charge is 0.466 e. The van der Waals surface area contributed by atoms with Crippen LogP contribution >= 0.6 is 23.2 Å². The summed E-state index contributed by atoms with van der Waals surface area (Å²) in [5, 5.41) is 14.2. The maximum absolute atomic E-state index is 12.0. The van der Waals surface area contributed by atoms with E-state index in [0.717, 1.165) is 37.8 Å². The molecule has 0 bridgehead atoms. The quantitative estimate of drug-likeness (QED) is 0.206. The van der Waals surface area contributed by atoms with Crippen LogP contribution in [0, 0.1) is 0 Å². The second-order valence-electron chi connectivity index (χ2n) is 7.77.